The fraction of sp³-hybridized carbons (Fsp3) is 0.800. The molecule has 0 radical (unpaired) electrons. The number of likely N-dealkylation sites (tertiary alicyclic amines) is 2. The first kappa shape index (κ1) is 17.2. The van der Waals surface area contributed by atoms with Crippen molar-refractivity contribution < 1.29 is 4.74 Å². The molecule has 138 valence electrons. The van der Waals surface area contributed by atoms with Crippen LogP contribution in [0.25, 0.3) is 0 Å². The molecule has 0 atom stereocenters. The highest BCUT2D eigenvalue weighted by atomic mass is 16.5. The third-order valence-electron chi connectivity index (χ3n) is 6.13. The molecule has 3 aliphatic rings. The Kier molecular flexibility index (Phi) is 5.83. The van der Waals surface area contributed by atoms with Gasteiger partial charge in [-0.15, -0.1) is 0 Å². The zero-order chi connectivity index (χ0) is 16.9. The highest BCUT2D eigenvalue weighted by Gasteiger charge is 2.28. The van der Waals surface area contributed by atoms with E-state index in [4.69, 9.17) is 4.74 Å². The molecule has 25 heavy (non-hydrogen) atoms. The summed E-state index contributed by atoms with van der Waals surface area (Å²) in [5.74, 6) is 0. The van der Waals surface area contributed by atoms with Gasteiger partial charge < -0.3 is 9.64 Å². The molecule has 1 aromatic rings. The van der Waals surface area contributed by atoms with Crippen LogP contribution in [0.3, 0.4) is 0 Å². The molecule has 3 heterocycles. The van der Waals surface area contributed by atoms with Crippen LogP contribution >= 0.6 is 0 Å². The molecule has 2 aliphatic heterocycles. The van der Waals surface area contributed by atoms with Crippen LogP contribution in [0, 0.1) is 0 Å². The number of rotatable bonds is 5. The molecule has 5 nitrogen and oxygen atoms in total. The molecule has 0 unspecified atom stereocenters. The van der Waals surface area contributed by atoms with E-state index >= 15 is 0 Å². The predicted molar refractivity (Wildman–Crippen MR) is 98.6 cm³/mol. The third-order valence-corrected chi connectivity index (χ3v) is 6.13. The molecule has 5 heteroatoms. The maximum atomic E-state index is 6.05. The van der Waals surface area contributed by atoms with E-state index < -0.39 is 0 Å². The Morgan fingerprint density at radius 2 is 1.52 bits per heavy atom. The van der Waals surface area contributed by atoms with Crippen molar-refractivity contribution in [1.29, 1.82) is 0 Å². The molecular formula is C20H32N4O. The fourth-order valence-electron chi connectivity index (χ4n) is 4.64. The van der Waals surface area contributed by atoms with Crippen LogP contribution < -0.4 is 4.74 Å². The standard InChI is InChI=1S/C20H32N4O/c1-4-10-23(11-5-1)16-17-14-21-20(22-15-17)25-19-8-12-24(13-9-19)18-6-2-3-7-18/h14-15,18-19H,1-13,16H2. The lowest BCUT2D eigenvalue weighted by Crippen LogP contribution is -2.43. The molecule has 3 fully saturated rings. The second kappa shape index (κ2) is 8.45. The average molecular weight is 345 g/mol. The summed E-state index contributed by atoms with van der Waals surface area (Å²) in [6, 6.07) is 1.40. The SMILES string of the molecule is c1nc(OC2CCN(C3CCCC3)CC2)ncc1CN1CCCCC1. The average Bonchev–Trinajstić information content (AvgIpc) is 3.20. The molecule has 1 aromatic heterocycles. The molecule has 0 aromatic carbocycles. The maximum Gasteiger partial charge on any atom is 0.316 e. The van der Waals surface area contributed by atoms with Crippen molar-refractivity contribution in [3.63, 3.8) is 0 Å². The van der Waals surface area contributed by atoms with Crippen LogP contribution in [0.15, 0.2) is 12.4 Å². The van der Waals surface area contributed by atoms with Gasteiger partial charge in [0.25, 0.3) is 0 Å². The number of piperidine rings is 2. The van der Waals surface area contributed by atoms with Gasteiger partial charge in [-0.1, -0.05) is 19.3 Å². The molecule has 1 saturated carbocycles. The van der Waals surface area contributed by atoms with Crippen molar-refractivity contribution in [3.05, 3.63) is 18.0 Å². The monoisotopic (exact) mass is 344 g/mol. The van der Waals surface area contributed by atoms with E-state index in [1.165, 1.54) is 76.7 Å². The Hall–Kier alpha value is -1.20. The maximum absolute atomic E-state index is 6.05. The second-order valence-electron chi connectivity index (χ2n) is 8.00. The van der Waals surface area contributed by atoms with Crippen LogP contribution in [-0.2, 0) is 6.54 Å². The van der Waals surface area contributed by atoms with Crippen molar-refractivity contribution in [2.75, 3.05) is 26.2 Å². The topological polar surface area (TPSA) is 41.5 Å². The third kappa shape index (κ3) is 4.70. The highest BCUT2D eigenvalue weighted by Crippen LogP contribution is 2.27. The summed E-state index contributed by atoms with van der Waals surface area (Å²) in [6.45, 7) is 5.72. The fourth-order valence-corrected chi connectivity index (χ4v) is 4.64. The second-order valence-corrected chi connectivity index (χ2v) is 8.00. The first-order chi connectivity index (χ1) is 12.4. The summed E-state index contributed by atoms with van der Waals surface area (Å²) in [5.41, 5.74) is 1.20. The Bertz CT molecular complexity index is 515. The van der Waals surface area contributed by atoms with Crippen LogP contribution in [0.4, 0.5) is 0 Å². The molecule has 0 spiro atoms. The van der Waals surface area contributed by atoms with E-state index in [0.29, 0.717) is 6.01 Å². The minimum Gasteiger partial charge on any atom is -0.460 e. The van der Waals surface area contributed by atoms with E-state index in [9.17, 15) is 0 Å². The van der Waals surface area contributed by atoms with E-state index in [1.807, 2.05) is 12.4 Å². The van der Waals surface area contributed by atoms with Gasteiger partial charge in [0.2, 0.25) is 0 Å². The van der Waals surface area contributed by atoms with Gasteiger partial charge >= 0.3 is 6.01 Å². The van der Waals surface area contributed by atoms with Crippen LogP contribution in [0.2, 0.25) is 0 Å². The number of hydrogen-bond donors (Lipinski definition) is 0. The van der Waals surface area contributed by atoms with Crippen molar-refractivity contribution in [2.24, 2.45) is 0 Å². The van der Waals surface area contributed by atoms with Gasteiger partial charge in [-0.25, -0.2) is 9.97 Å². The minimum atomic E-state index is 0.283. The summed E-state index contributed by atoms with van der Waals surface area (Å²) in [7, 11) is 0. The number of hydrogen-bond acceptors (Lipinski definition) is 5. The van der Waals surface area contributed by atoms with Crippen molar-refractivity contribution in [2.45, 2.75) is 76.5 Å². The Morgan fingerprint density at radius 1 is 0.840 bits per heavy atom. The van der Waals surface area contributed by atoms with E-state index in [-0.39, 0.29) is 6.10 Å². The summed E-state index contributed by atoms with van der Waals surface area (Å²) in [5, 5.41) is 0. The van der Waals surface area contributed by atoms with Gasteiger partial charge in [-0.2, -0.15) is 0 Å². The van der Waals surface area contributed by atoms with Gasteiger partial charge in [-0.05, 0) is 51.6 Å². The van der Waals surface area contributed by atoms with Gasteiger partial charge in [0.15, 0.2) is 0 Å². The lowest BCUT2D eigenvalue weighted by atomic mass is 10.0. The van der Waals surface area contributed by atoms with Crippen molar-refractivity contribution in [3.8, 4) is 6.01 Å². The zero-order valence-corrected chi connectivity index (χ0v) is 15.4. The van der Waals surface area contributed by atoms with Crippen molar-refractivity contribution >= 4 is 0 Å². The van der Waals surface area contributed by atoms with E-state index in [2.05, 4.69) is 19.8 Å². The molecule has 2 saturated heterocycles. The first-order valence-corrected chi connectivity index (χ1v) is 10.3. The summed E-state index contributed by atoms with van der Waals surface area (Å²) >= 11 is 0. The summed E-state index contributed by atoms with van der Waals surface area (Å²) in [6.07, 6.45) is 16.0. The summed E-state index contributed by atoms with van der Waals surface area (Å²) in [4.78, 5) is 14.1. The Labute approximate surface area is 151 Å². The van der Waals surface area contributed by atoms with Crippen LogP contribution in [0.5, 0.6) is 6.01 Å². The number of nitrogens with zero attached hydrogens (tertiary/aromatic N) is 4. The van der Waals surface area contributed by atoms with Crippen LogP contribution in [-0.4, -0.2) is 58.1 Å². The zero-order valence-electron chi connectivity index (χ0n) is 15.4. The molecular weight excluding hydrogens is 312 g/mol. The van der Waals surface area contributed by atoms with Gasteiger partial charge in [0.05, 0.1) is 0 Å². The largest absolute Gasteiger partial charge is 0.460 e. The van der Waals surface area contributed by atoms with Gasteiger partial charge in [-0.3, -0.25) is 4.90 Å². The normalized spacial score (nSPS) is 24.6. The number of ether oxygens (including phenoxy) is 1. The smallest absolute Gasteiger partial charge is 0.316 e. The van der Waals surface area contributed by atoms with Gasteiger partial charge in [0.1, 0.15) is 6.10 Å². The van der Waals surface area contributed by atoms with E-state index in [0.717, 1.165) is 25.4 Å². The predicted octanol–water partition coefficient (Wildman–Crippen LogP) is 3.25. The molecule has 0 amide bonds. The Morgan fingerprint density at radius 3 is 2.20 bits per heavy atom. The molecule has 0 bridgehead atoms. The number of aromatic nitrogens is 2. The summed E-state index contributed by atoms with van der Waals surface area (Å²) < 4.78 is 6.05. The quantitative estimate of drug-likeness (QED) is 0.820. The van der Waals surface area contributed by atoms with Crippen LogP contribution in [0.1, 0.15) is 63.4 Å². The first-order valence-electron chi connectivity index (χ1n) is 10.3. The molecule has 4 rings (SSSR count). The Balaban J connectivity index is 1.23. The van der Waals surface area contributed by atoms with E-state index in [1.54, 1.807) is 0 Å². The molecule has 1 aliphatic carbocycles. The van der Waals surface area contributed by atoms with Gasteiger partial charge in [0, 0.05) is 43.6 Å². The van der Waals surface area contributed by atoms with Crippen molar-refractivity contribution in [1.82, 2.24) is 19.8 Å². The highest BCUT2D eigenvalue weighted by molar-refractivity contribution is 5.08. The molecule has 0 N–H and O–H groups in total. The minimum absolute atomic E-state index is 0.283. The lowest BCUT2D eigenvalue weighted by Gasteiger charge is -2.35. The lowest BCUT2D eigenvalue weighted by molar-refractivity contribution is 0.0709.